The second-order valence-corrected chi connectivity index (χ2v) is 7.73. The van der Waals surface area contributed by atoms with Gasteiger partial charge in [0.15, 0.2) is 11.5 Å². The fourth-order valence-corrected chi connectivity index (χ4v) is 4.07. The van der Waals surface area contributed by atoms with Gasteiger partial charge in [-0.05, 0) is 43.2 Å². The Balaban J connectivity index is 1.35. The number of aromatic amines is 1. The number of anilines is 1. The quantitative estimate of drug-likeness (QED) is 0.583. The second kappa shape index (κ2) is 6.88. The predicted molar refractivity (Wildman–Crippen MR) is 111 cm³/mol. The minimum atomic E-state index is 0.0905. The molecule has 5 rings (SSSR count). The summed E-state index contributed by atoms with van der Waals surface area (Å²) in [6.07, 6.45) is 3.58. The van der Waals surface area contributed by atoms with Crippen LogP contribution >= 0.6 is 0 Å². The molecule has 3 aromatic heterocycles. The highest BCUT2D eigenvalue weighted by Crippen LogP contribution is 2.29. The summed E-state index contributed by atoms with van der Waals surface area (Å²) in [5, 5.41) is 14.3. The molecule has 1 saturated heterocycles. The minimum absolute atomic E-state index is 0.0905. The lowest BCUT2D eigenvalue weighted by Crippen LogP contribution is -2.38. The number of carbonyl (C=O) groups excluding carboxylic acids is 1. The van der Waals surface area contributed by atoms with Crippen molar-refractivity contribution in [3.8, 4) is 0 Å². The van der Waals surface area contributed by atoms with Crippen LogP contribution in [0.4, 0.5) is 5.82 Å². The van der Waals surface area contributed by atoms with E-state index >= 15 is 0 Å². The van der Waals surface area contributed by atoms with Crippen LogP contribution in [0.5, 0.6) is 0 Å². The molecule has 1 fully saturated rings. The van der Waals surface area contributed by atoms with Crippen molar-refractivity contribution in [2.75, 3.05) is 32.1 Å². The van der Waals surface area contributed by atoms with Crippen molar-refractivity contribution < 1.29 is 4.79 Å². The van der Waals surface area contributed by atoms with Crippen LogP contribution in [-0.2, 0) is 0 Å². The fraction of sp³-hybridized carbons (Fsp3) is 0.333. The molecule has 0 aliphatic carbocycles. The Hall–Kier alpha value is -3.42. The number of aromatic nitrogens is 5. The SMILES string of the molecule is CN(C)c1ccc2nnc(C3CCN(C(=O)c4cccc5[nH]ccc45)CC3)n2n1. The number of amides is 1. The van der Waals surface area contributed by atoms with E-state index in [0.29, 0.717) is 13.1 Å². The maximum atomic E-state index is 13.1. The highest BCUT2D eigenvalue weighted by molar-refractivity contribution is 6.06. The minimum Gasteiger partial charge on any atom is -0.361 e. The third-order valence-electron chi connectivity index (χ3n) is 5.70. The van der Waals surface area contributed by atoms with E-state index in [1.807, 2.05) is 71.0 Å². The van der Waals surface area contributed by atoms with E-state index in [1.54, 1.807) is 0 Å². The van der Waals surface area contributed by atoms with Crippen LogP contribution in [0.1, 0.15) is 34.9 Å². The van der Waals surface area contributed by atoms with Gasteiger partial charge in [-0.1, -0.05) is 6.07 Å². The molecule has 8 heteroatoms. The molecule has 1 amide bonds. The van der Waals surface area contributed by atoms with Gasteiger partial charge in [0.25, 0.3) is 5.91 Å². The Bertz CT molecular complexity index is 1180. The van der Waals surface area contributed by atoms with E-state index in [-0.39, 0.29) is 11.8 Å². The smallest absolute Gasteiger partial charge is 0.254 e. The van der Waals surface area contributed by atoms with Crippen LogP contribution in [0, 0.1) is 0 Å². The van der Waals surface area contributed by atoms with E-state index in [4.69, 9.17) is 0 Å². The fourth-order valence-electron chi connectivity index (χ4n) is 4.07. The molecule has 148 valence electrons. The average molecular weight is 389 g/mol. The van der Waals surface area contributed by atoms with Crippen LogP contribution in [0.25, 0.3) is 16.6 Å². The van der Waals surface area contributed by atoms with E-state index < -0.39 is 0 Å². The van der Waals surface area contributed by atoms with Crippen molar-refractivity contribution in [1.82, 2.24) is 29.7 Å². The molecule has 1 aliphatic heterocycles. The van der Waals surface area contributed by atoms with Crippen LogP contribution in [0.15, 0.2) is 42.6 Å². The Morgan fingerprint density at radius 3 is 2.72 bits per heavy atom. The third-order valence-corrected chi connectivity index (χ3v) is 5.70. The monoisotopic (exact) mass is 389 g/mol. The van der Waals surface area contributed by atoms with Gasteiger partial charge in [-0.2, -0.15) is 4.52 Å². The first-order chi connectivity index (χ1) is 14.1. The molecular weight excluding hydrogens is 366 g/mol. The number of fused-ring (bicyclic) bond motifs is 2. The van der Waals surface area contributed by atoms with Crippen molar-refractivity contribution in [3.05, 3.63) is 54.0 Å². The summed E-state index contributed by atoms with van der Waals surface area (Å²) >= 11 is 0. The van der Waals surface area contributed by atoms with Crippen molar-refractivity contribution in [1.29, 1.82) is 0 Å². The van der Waals surface area contributed by atoms with Gasteiger partial charge in [0.1, 0.15) is 5.82 Å². The van der Waals surface area contributed by atoms with Crippen molar-refractivity contribution >= 4 is 28.3 Å². The molecule has 4 heterocycles. The van der Waals surface area contributed by atoms with Gasteiger partial charge in [-0.3, -0.25) is 4.79 Å². The largest absolute Gasteiger partial charge is 0.361 e. The van der Waals surface area contributed by atoms with E-state index in [1.165, 1.54) is 0 Å². The van der Waals surface area contributed by atoms with E-state index in [9.17, 15) is 4.79 Å². The molecule has 29 heavy (non-hydrogen) atoms. The standard InChI is InChI=1S/C21H23N7O/c1-26(2)19-7-6-18-23-24-20(28(18)25-19)14-9-12-27(13-10-14)21(29)16-4-3-5-17-15(16)8-11-22-17/h3-8,11,14,22H,9-10,12-13H2,1-2H3. The first kappa shape index (κ1) is 17.7. The van der Waals surface area contributed by atoms with Crippen molar-refractivity contribution in [2.24, 2.45) is 0 Å². The molecule has 0 bridgehead atoms. The molecule has 1 N–H and O–H groups in total. The van der Waals surface area contributed by atoms with Gasteiger partial charge >= 0.3 is 0 Å². The van der Waals surface area contributed by atoms with Crippen molar-refractivity contribution in [2.45, 2.75) is 18.8 Å². The number of nitrogens with zero attached hydrogens (tertiary/aromatic N) is 6. The predicted octanol–water partition coefficient (Wildman–Crippen LogP) is 2.69. The topological polar surface area (TPSA) is 82.4 Å². The molecule has 0 spiro atoms. The normalized spacial score (nSPS) is 15.3. The maximum absolute atomic E-state index is 13.1. The third kappa shape index (κ3) is 3.00. The maximum Gasteiger partial charge on any atom is 0.254 e. The molecule has 0 radical (unpaired) electrons. The van der Waals surface area contributed by atoms with Gasteiger partial charge in [-0.15, -0.1) is 15.3 Å². The molecule has 0 unspecified atom stereocenters. The first-order valence-electron chi connectivity index (χ1n) is 9.87. The van der Waals surface area contributed by atoms with Gasteiger partial charge in [0.2, 0.25) is 0 Å². The molecule has 0 saturated carbocycles. The van der Waals surface area contributed by atoms with Gasteiger partial charge in [0, 0.05) is 55.8 Å². The molecule has 8 nitrogen and oxygen atoms in total. The Labute approximate surface area is 168 Å². The van der Waals surface area contributed by atoms with Crippen LogP contribution in [0.2, 0.25) is 0 Å². The number of piperidine rings is 1. The zero-order valence-corrected chi connectivity index (χ0v) is 16.5. The summed E-state index contributed by atoms with van der Waals surface area (Å²) in [4.78, 5) is 20.2. The Kier molecular flexibility index (Phi) is 4.19. The zero-order valence-electron chi connectivity index (χ0n) is 16.5. The highest BCUT2D eigenvalue weighted by Gasteiger charge is 2.28. The molecule has 0 atom stereocenters. The molecule has 1 aromatic carbocycles. The van der Waals surface area contributed by atoms with Crippen LogP contribution in [-0.4, -0.2) is 62.8 Å². The summed E-state index contributed by atoms with van der Waals surface area (Å²) in [6.45, 7) is 1.40. The summed E-state index contributed by atoms with van der Waals surface area (Å²) in [5.41, 5.74) is 2.50. The van der Waals surface area contributed by atoms with Gasteiger partial charge < -0.3 is 14.8 Å². The first-order valence-corrected chi connectivity index (χ1v) is 9.87. The number of likely N-dealkylation sites (tertiary alicyclic amines) is 1. The summed E-state index contributed by atoms with van der Waals surface area (Å²) in [7, 11) is 3.93. The molecular formula is C21H23N7O. The summed E-state index contributed by atoms with van der Waals surface area (Å²) < 4.78 is 1.85. The Morgan fingerprint density at radius 1 is 1.10 bits per heavy atom. The second-order valence-electron chi connectivity index (χ2n) is 7.73. The van der Waals surface area contributed by atoms with E-state index in [2.05, 4.69) is 20.3 Å². The number of nitrogens with one attached hydrogen (secondary N) is 1. The number of hydrogen-bond acceptors (Lipinski definition) is 5. The number of benzene rings is 1. The van der Waals surface area contributed by atoms with E-state index in [0.717, 1.165) is 46.6 Å². The average Bonchev–Trinajstić information content (AvgIpc) is 3.39. The van der Waals surface area contributed by atoms with Crippen LogP contribution in [0.3, 0.4) is 0 Å². The lowest BCUT2D eigenvalue weighted by atomic mass is 9.95. The number of rotatable bonds is 3. The highest BCUT2D eigenvalue weighted by atomic mass is 16.2. The zero-order chi connectivity index (χ0) is 20.0. The Morgan fingerprint density at radius 2 is 1.93 bits per heavy atom. The number of hydrogen-bond donors (Lipinski definition) is 1. The summed E-state index contributed by atoms with van der Waals surface area (Å²) in [6, 6.07) is 11.7. The summed E-state index contributed by atoms with van der Waals surface area (Å²) in [5.74, 6) is 2.07. The van der Waals surface area contributed by atoms with Gasteiger partial charge in [-0.25, -0.2) is 0 Å². The van der Waals surface area contributed by atoms with Gasteiger partial charge in [0.05, 0.1) is 0 Å². The van der Waals surface area contributed by atoms with Crippen LogP contribution < -0.4 is 4.90 Å². The molecule has 4 aromatic rings. The number of H-pyrrole nitrogens is 1. The number of carbonyl (C=O) groups is 1. The lowest BCUT2D eigenvalue weighted by Gasteiger charge is -2.31. The van der Waals surface area contributed by atoms with Crippen molar-refractivity contribution in [3.63, 3.8) is 0 Å². The lowest BCUT2D eigenvalue weighted by molar-refractivity contribution is 0.0712. The molecule has 1 aliphatic rings.